The quantitative estimate of drug-likeness (QED) is 0.815. The van der Waals surface area contributed by atoms with Crippen molar-refractivity contribution in [3.05, 3.63) is 34.9 Å². The Bertz CT molecular complexity index is 409. The highest BCUT2D eigenvalue weighted by Crippen LogP contribution is 2.20. The van der Waals surface area contributed by atoms with Gasteiger partial charge in [0.25, 0.3) is 5.91 Å². The number of aryl methyl sites for hydroxylation is 2. The maximum Gasteiger partial charge on any atom is 0.274 e. The molecule has 1 saturated carbocycles. The van der Waals surface area contributed by atoms with E-state index in [0.717, 1.165) is 18.4 Å². The van der Waals surface area contributed by atoms with Gasteiger partial charge >= 0.3 is 0 Å². The lowest BCUT2D eigenvalue weighted by Gasteiger charge is -2.11. The first-order valence-electron chi connectivity index (χ1n) is 6.20. The fourth-order valence-corrected chi connectivity index (χ4v) is 2.08. The van der Waals surface area contributed by atoms with E-state index in [4.69, 9.17) is 4.84 Å². The largest absolute Gasteiger partial charge is 0.274 e. The Balaban J connectivity index is 1.92. The first kappa shape index (κ1) is 12.1. The zero-order chi connectivity index (χ0) is 12.3. The van der Waals surface area contributed by atoms with Crippen LogP contribution in [-0.4, -0.2) is 12.0 Å². The number of hydroxylamine groups is 1. The SMILES string of the molecule is Cc1ccc(C(=O)NOC2CCCC2)cc1C. The van der Waals surface area contributed by atoms with Crippen molar-refractivity contribution in [3.63, 3.8) is 0 Å². The summed E-state index contributed by atoms with van der Waals surface area (Å²) in [5.41, 5.74) is 5.52. The standard InChI is InChI=1S/C14H19NO2/c1-10-7-8-12(9-11(10)2)14(16)15-17-13-5-3-4-6-13/h7-9,13H,3-6H2,1-2H3,(H,15,16). The highest BCUT2D eigenvalue weighted by Gasteiger charge is 2.17. The van der Waals surface area contributed by atoms with Gasteiger partial charge in [-0.05, 0) is 49.9 Å². The average Bonchev–Trinajstić information content (AvgIpc) is 2.82. The lowest BCUT2D eigenvalue weighted by Crippen LogP contribution is -2.28. The van der Waals surface area contributed by atoms with Crippen LogP contribution < -0.4 is 5.48 Å². The lowest BCUT2D eigenvalue weighted by molar-refractivity contribution is -0.0124. The maximum atomic E-state index is 11.8. The van der Waals surface area contributed by atoms with E-state index in [2.05, 4.69) is 5.48 Å². The van der Waals surface area contributed by atoms with Gasteiger partial charge in [-0.3, -0.25) is 9.63 Å². The van der Waals surface area contributed by atoms with Crippen LogP contribution in [0.1, 0.15) is 47.2 Å². The second-order valence-corrected chi connectivity index (χ2v) is 4.75. The first-order valence-corrected chi connectivity index (χ1v) is 6.20. The smallest absolute Gasteiger partial charge is 0.270 e. The van der Waals surface area contributed by atoms with Crippen LogP contribution in [0.4, 0.5) is 0 Å². The fraction of sp³-hybridized carbons (Fsp3) is 0.500. The summed E-state index contributed by atoms with van der Waals surface area (Å²) in [7, 11) is 0. The van der Waals surface area contributed by atoms with Crippen molar-refractivity contribution in [3.8, 4) is 0 Å². The third-order valence-corrected chi connectivity index (χ3v) is 3.39. The molecule has 0 bridgehead atoms. The minimum absolute atomic E-state index is 0.153. The van der Waals surface area contributed by atoms with Crippen LogP contribution in [-0.2, 0) is 4.84 Å². The minimum atomic E-state index is -0.153. The molecule has 1 aromatic rings. The number of carbonyl (C=O) groups is 1. The molecule has 0 spiro atoms. The number of hydrogen-bond donors (Lipinski definition) is 1. The van der Waals surface area contributed by atoms with Crippen molar-refractivity contribution in [1.29, 1.82) is 0 Å². The summed E-state index contributed by atoms with van der Waals surface area (Å²) in [4.78, 5) is 17.2. The number of hydrogen-bond acceptors (Lipinski definition) is 2. The van der Waals surface area contributed by atoms with E-state index < -0.39 is 0 Å². The Morgan fingerprint density at radius 1 is 1.24 bits per heavy atom. The average molecular weight is 233 g/mol. The van der Waals surface area contributed by atoms with Gasteiger partial charge in [0.15, 0.2) is 0 Å². The van der Waals surface area contributed by atoms with Crippen molar-refractivity contribution in [2.45, 2.75) is 45.6 Å². The van der Waals surface area contributed by atoms with Crippen LogP contribution in [0.5, 0.6) is 0 Å². The molecule has 0 heterocycles. The molecule has 17 heavy (non-hydrogen) atoms. The molecule has 1 aromatic carbocycles. The van der Waals surface area contributed by atoms with Crippen molar-refractivity contribution >= 4 is 5.91 Å². The molecule has 1 N–H and O–H groups in total. The van der Waals surface area contributed by atoms with Crippen LogP contribution in [0, 0.1) is 13.8 Å². The van der Waals surface area contributed by atoms with Crippen molar-refractivity contribution in [1.82, 2.24) is 5.48 Å². The molecule has 0 aliphatic heterocycles. The molecule has 1 aliphatic carbocycles. The van der Waals surface area contributed by atoms with Gasteiger partial charge in [-0.1, -0.05) is 18.9 Å². The van der Waals surface area contributed by atoms with Crippen LogP contribution in [0.25, 0.3) is 0 Å². The molecule has 0 atom stereocenters. The number of amides is 1. The molecule has 92 valence electrons. The topological polar surface area (TPSA) is 38.3 Å². The Morgan fingerprint density at radius 2 is 1.94 bits per heavy atom. The van der Waals surface area contributed by atoms with Gasteiger partial charge in [0, 0.05) is 5.56 Å². The predicted octanol–water partition coefficient (Wildman–Crippen LogP) is 2.91. The molecule has 1 fully saturated rings. The van der Waals surface area contributed by atoms with E-state index in [9.17, 15) is 4.79 Å². The number of benzene rings is 1. The van der Waals surface area contributed by atoms with E-state index in [1.54, 1.807) is 0 Å². The molecule has 1 amide bonds. The molecule has 0 saturated heterocycles. The number of rotatable bonds is 3. The highest BCUT2D eigenvalue weighted by atomic mass is 16.7. The fourth-order valence-electron chi connectivity index (χ4n) is 2.08. The van der Waals surface area contributed by atoms with E-state index in [-0.39, 0.29) is 12.0 Å². The zero-order valence-corrected chi connectivity index (χ0v) is 10.5. The third kappa shape index (κ3) is 3.07. The molecular weight excluding hydrogens is 214 g/mol. The van der Waals surface area contributed by atoms with Gasteiger partial charge in [0.05, 0.1) is 6.10 Å². The summed E-state index contributed by atoms with van der Waals surface area (Å²) >= 11 is 0. The van der Waals surface area contributed by atoms with Crippen LogP contribution in [0.2, 0.25) is 0 Å². The summed E-state index contributed by atoms with van der Waals surface area (Å²) < 4.78 is 0. The number of carbonyl (C=O) groups excluding carboxylic acids is 1. The van der Waals surface area contributed by atoms with Gasteiger partial charge in [0.1, 0.15) is 0 Å². The van der Waals surface area contributed by atoms with Crippen molar-refractivity contribution in [2.75, 3.05) is 0 Å². The summed E-state index contributed by atoms with van der Waals surface area (Å²) in [6.07, 6.45) is 4.69. The van der Waals surface area contributed by atoms with Gasteiger partial charge in [-0.2, -0.15) is 0 Å². The second-order valence-electron chi connectivity index (χ2n) is 4.75. The monoisotopic (exact) mass is 233 g/mol. The predicted molar refractivity (Wildman–Crippen MR) is 66.7 cm³/mol. The number of nitrogens with one attached hydrogen (secondary N) is 1. The van der Waals surface area contributed by atoms with Crippen LogP contribution in [0.3, 0.4) is 0 Å². The zero-order valence-electron chi connectivity index (χ0n) is 10.5. The third-order valence-electron chi connectivity index (χ3n) is 3.39. The molecule has 0 unspecified atom stereocenters. The molecule has 0 radical (unpaired) electrons. The normalized spacial score (nSPS) is 16.1. The molecule has 3 nitrogen and oxygen atoms in total. The first-order chi connectivity index (χ1) is 8.16. The van der Waals surface area contributed by atoms with Crippen LogP contribution >= 0.6 is 0 Å². The van der Waals surface area contributed by atoms with E-state index >= 15 is 0 Å². The van der Waals surface area contributed by atoms with Crippen LogP contribution in [0.15, 0.2) is 18.2 Å². The Hall–Kier alpha value is -1.35. The van der Waals surface area contributed by atoms with Crippen molar-refractivity contribution in [2.24, 2.45) is 0 Å². The minimum Gasteiger partial charge on any atom is -0.270 e. The summed E-state index contributed by atoms with van der Waals surface area (Å²) in [5.74, 6) is -0.153. The molecule has 2 rings (SSSR count). The van der Waals surface area contributed by atoms with Crippen molar-refractivity contribution < 1.29 is 9.63 Å². The van der Waals surface area contributed by atoms with Gasteiger partial charge in [-0.25, -0.2) is 5.48 Å². The Morgan fingerprint density at radius 3 is 2.59 bits per heavy atom. The molecule has 0 aromatic heterocycles. The summed E-state index contributed by atoms with van der Waals surface area (Å²) in [6, 6.07) is 5.68. The summed E-state index contributed by atoms with van der Waals surface area (Å²) in [6.45, 7) is 4.04. The highest BCUT2D eigenvalue weighted by molar-refractivity contribution is 5.93. The molecular formula is C14H19NO2. The Kier molecular flexibility index (Phi) is 3.79. The van der Waals surface area contributed by atoms with Gasteiger partial charge < -0.3 is 0 Å². The molecule has 3 heteroatoms. The summed E-state index contributed by atoms with van der Waals surface area (Å²) in [5, 5.41) is 0. The lowest BCUT2D eigenvalue weighted by atomic mass is 10.1. The molecule has 1 aliphatic rings. The Labute approximate surface area is 102 Å². The van der Waals surface area contributed by atoms with E-state index in [1.807, 2.05) is 32.0 Å². The second kappa shape index (κ2) is 5.32. The van der Waals surface area contributed by atoms with E-state index in [0.29, 0.717) is 5.56 Å². The van der Waals surface area contributed by atoms with E-state index in [1.165, 1.54) is 18.4 Å². The van der Waals surface area contributed by atoms with Gasteiger partial charge in [-0.15, -0.1) is 0 Å². The maximum absolute atomic E-state index is 11.8. The van der Waals surface area contributed by atoms with Gasteiger partial charge in [0.2, 0.25) is 0 Å².